The van der Waals surface area contributed by atoms with Crippen LogP contribution in [0.1, 0.15) is 56.6 Å². The van der Waals surface area contributed by atoms with E-state index in [-0.39, 0.29) is 23.9 Å². The number of fused-ring (bicyclic) bond motifs is 2. The van der Waals surface area contributed by atoms with Gasteiger partial charge in [0.05, 0.1) is 6.20 Å². The number of nitrogens with zero attached hydrogens (tertiary/aromatic N) is 5. The summed E-state index contributed by atoms with van der Waals surface area (Å²) in [5.74, 6) is 0.374. The van der Waals surface area contributed by atoms with Gasteiger partial charge in [-0.25, -0.2) is 13.8 Å². The zero-order chi connectivity index (χ0) is 24.9. The van der Waals surface area contributed by atoms with E-state index in [2.05, 4.69) is 26.9 Å². The van der Waals surface area contributed by atoms with Crippen molar-refractivity contribution in [1.82, 2.24) is 9.88 Å². The largest absolute Gasteiger partial charge is 0.489 e. The molecule has 1 spiro atoms. The van der Waals surface area contributed by atoms with E-state index in [4.69, 9.17) is 4.74 Å². The molecular formula is C28H31F2N5O. The summed E-state index contributed by atoms with van der Waals surface area (Å²) < 4.78 is 36.4. The first-order valence-corrected chi connectivity index (χ1v) is 12.8. The number of likely N-dealkylation sites (tertiary alicyclic amines) is 1. The van der Waals surface area contributed by atoms with Crippen LogP contribution >= 0.6 is 0 Å². The lowest BCUT2D eigenvalue weighted by atomic mass is 9.76. The van der Waals surface area contributed by atoms with Crippen LogP contribution < -0.4 is 9.64 Å². The first kappa shape index (κ1) is 23.3. The van der Waals surface area contributed by atoms with Gasteiger partial charge in [0.1, 0.15) is 41.6 Å². The number of anilines is 1. The highest BCUT2D eigenvalue weighted by molar-refractivity contribution is 6.13. The average molecular weight is 492 g/mol. The number of hydrogen-bond donors (Lipinski definition) is 0. The van der Waals surface area contributed by atoms with Crippen LogP contribution in [0.5, 0.6) is 5.75 Å². The number of aromatic nitrogens is 1. The molecule has 0 amide bonds. The number of piperidine rings is 1. The summed E-state index contributed by atoms with van der Waals surface area (Å²) in [7, 11) is 2.12. The Balaban J connectivity index is 1.19. The molecule has 0 unspecified atom stereocenters. The highest BCUT2D eigenvalue weighted by Crippen LogP contribution is 2.51. The van der Waals surface area contributed by atoms with Gasteiger partial charge < -0.3 is 14.5 Å². The molecule has 1 aromatic carbocycles. The molecule has 0 N–H and O–H groups in total. The topological polar surface area (TPSA) is 53.3 Å². The zero-order valence-electron chi connectivity index (χ0n) is 20.8. The number of pyridine rings is 1. The third-order valence-corrected chi connectivity index (χ3v) is 8.14. The maximum Gasteiger partial charge on any atom is 0.165 e. The number of rotatable bonds is 4. The van der Waals surface area contributed by atoms with Crippen molar-refractivity contribution in [3.8, 4) is 5.75 Å². The number of aliphatic imine (C=N–C) groups is 2. The number of hydrogen-bond acceptors (Lipinski definition) is 6. The van der Waals surface area contributed by atoms with E-state index in [1.54, 1.807) is 11.1 Å². The third kappa shape index (κ3) is 4.01. The summed E-state index contributed by atoms with van der Waals surface area (Å²) in [5, 5.41) is 0. The van der Waals surface area contributed by atoms with Crippen LogP contribution in [-0.4, -0.2) is 54.2 Å². The Morgan fingerprint density at radius 3 is 2.56 bits per heavy atom. The van der Waals surface area contributed by atoms with Gasteiger partial charge in [-0.2, -0.15) is 0 Å². The normalized spacial score (nSPS) is 21.9. The van der Waals surface area contributed by atoms with Gasteiger partial charge in [-0.15, -0.1) is 0 Å². The SMILES string of the molecule is CC1=Nc2c(F)cc(C3=NCN(c4ccc(OC5CCN(C)CC5)cn4)C=C3F)cc2C12CCCC2. The summed E-state index contributed by atoms with van der Waals surface area (Å²) in [6.45, 7) is 4.23. The van der Waals surface area contributed by atoms with E-state index in [1.807, 2.05) is 25.1 Å². The predicted molar refractivity (Wildman–Crippen MR) is 138 cm³/mol. The van der Waals surface area contributed by atoms with Crippen molar-refractivity contribution < 1.29 is 13.5 Å². The van der Waals surface area contributed by atoms with Crippen LogP contribution in [0.15, 0.2) is 52.5 Å². The lowest BCUT2D eigenvalue weighted by molar-refractivity contribution is 0.114. The van der Waals surface area contributed by atoms with Crippen molar-refractivity contribution in [3.63, 3.8) is 0 Å². The van der Waals surface area contributed by atoms with Crippen molar-refractivity contribution in [3.05, 3.63) is 59.4 Å². The molecule has 0 atom stereocenters. The molecule has 36 heavy (non-hydrogen) atoms. The summed E-state index contributed by atoms with van der Waals surface area (Å²) in [5.41, 5.74) is 2.68. The molecule has 8 heteroatoms. The second-order valence-electron chi connectivity index (χ2n) is 10.4. The Hall–Kier alpha value is -3.13. The van der Waals surface area contributed by atoms with Gasteiger partial charge in [-0.05, 0) is 69.5 Å². The third-order valence-electron chi connectivity index (χ3n) is 8.14. The van der Waals surface area contributed by atoms with Gasteiger partial charge in [-0.3, -0.25) is 9.98 Å². The van der Waals surface area contributed by atoms with E-state index in [1.165, 1.54) is 12.3 Å². The summed E-state index contributed by atoms with van der Waals surface area (Å²) in [6.07, 6.45) is 9.35. The minimum atomic E-state index is -0.509. The smallest absolute Gasteiger partial charge is 0.165 e. The van der Waals surface area contributed by atoms with E-state index >= 15 is 8.78 Å². The molecule has 0 bridgehead atoms. The van der Waals surface area contributed by atoms with E-state index < -0.39 is 11.6 Å². The molecule has 4 heterocycles. The highest BCUT2D eigenvalue weighted by atomic mass is 19.1. The van der Waals surface area contributed by atoms with Crippen molar-refractivity contribution in [2.45, 2.75) is 57.0 Å². The molecule has 188 valence electrons. The van der Waals surface area contributed by atoms with Gasteiger partial charge in [0, 0.05) is 36.0 Å². The molecule has 1 saturated heterocycles. The Labute approximate surface area is 210 Å². The van der Waals surface area contributed by atoms with Crippen LogP contribution in [0, 0.1) is 5.82 Å². The van der Waals surface area contributed by atoms with Crippen LogP contribution in [0.2, 0.25) is 0 Å². The Morgan fingerprint density at radius 2 is 1.86 bits per heavy atom. The molecule has 1 saturated carbocycles. The van der Waals surface area contributed by atoms with Crippen LogP contribution in [-0.2, 0) is 5.41 Å². The second-order valence-corrected chi connectivity index (χ2v) is 10.4. The number of benzene rings is 1. The molecule has 3 aliphatic heterocycles. The molecule has 6 nitrogen and oxygen atoms in total. The number of ether oxygens (including phenoxy) is 1. The molecule has 0 radical (unpaired) electrons. The fourth-order valence-electron chi connectivity index (χ4n) is 6.03. The minimum absolute atomic E-state index is 0.174. The first-order valence-electron chi connectivity index (χ1n) is 12.8. The zero-order valence-corrected chi connectivity index (χ0v) is 20.8. The molecular weight excluding hydrogens is 460 g/mol. The van der Waals surface area contributed by atoms with Crippen LogP contribution in [0.25, 0.3) is 0 Å². The summed E-state index contributed by atoms with van der Waals surface area (Å²) in [6, 6.07) is 6.94. The average Bonchev–Trinajstić information content (AvgIpc) is 3.48. The van der Waals surface area contributed by atoms with Crippen LogP contribution in [0.3, 0.4) is 0 Å². The van der Waals surface area contributed by atoms with E-state index in [0.717, 1.165) is 62.9 Å². The molecule has 2 fully saturated rings. The minimum Gasteiger partial charge on any atom is -0.489 e. The standard InChI is InChI=1S/C28H31F2N5O/c1-18-28(9-3-4-10-28)22-13-19(14-23(29)27(22)33-18)26-24(30)16-35(17-32-26)25-6-5-21(15-31-25)36-20-7-11-34(2)12-8-20/h5-6,13-16,20H,3-4,7-12,17H2,1-2H3. The lowest BCUT2D eigenvalue weighted by Crippen LogP contribution is -2.35. The monoisotopic (exact) mass is 491 g/mol. The summed E-state index contributed by atoms with van der Waals surface area (Å²) in [4.78, 5) is 17.4. The number of allylic oxidation sites excluding steroid dienone is 1. The van der Waals surface area contributed by atoms with Gasteiger partial charge >= 0.3 is 0 Å². The lowest BCUT2D eigenvalue weighted by Gasteiger charge is -2.29. The second kappa shape index (κ2) is 9.07. The van der Waals surface area contributed by atoms with Crippen LogP contribution in [0.4, 0.5) is 20.3 Å². The Morgan fingerprint density at radius 1 is 1.08 bits per heavy atom. The van der Waals surface area contributed by atoms with Gasteiger partial charge in [0.15, 0.2) is 5.83 Å². The van der Waals surface area contributed by atoms with Gasteiger partial charge in [0.2, 0.25) is 0 Å². The first-order chi connectivity index (χ1) is 17.4. The Bertz CT molecular complexity index is 1260. The fourth-order valence-corrected chi connectivity index (χ4v) is 6.03. The van der Waals surface area contributed by atoms with Crippen molar-refractivity contribution in [2.24, 2.45) is 9.98 Å². The quantitative estimate of drug-likeness (QED) is 0.552. The number of halogens is 2. The molecule has 6 rings (SSSR count). The molecule has 4 aliphatic rings. The fraction of sp³-hybridized carbons (Fsp3) is 0.464. The highest BCUT2D eigenvalue weighted by Gasteiger charge is 2.44. The molecule has 2 aromatic rings. The Kier molecular flexibility index (Phi) is 5.86. The summed E-state index contributed by atoms with van der Waals surface area (Å²) >= 11 is 0. The van der Waals surface area contributed by atoms with Crippen molar-refractivity contribution in [2.75, 3.05) is 31.7 Å². The maximum absolute atomic E-state index is 15.3. The van der Waals surface area contributed by atoms with Gasteiger partial charge in [0.25, 0.3) is 0 Å². The van der Waals surface area contributed by atoms with E-state index in [9.17, 15) is 0 Å². The van der Waals surface area contributed by atoms with E-state index in [0.29, 0.717) is 22.8 Å². The molecule has 1 aromatic heterocycles. The van der Waals surface area contributed by atoms with Crippen molar-refractivity contribution in [1.29, 1.82) is 0 Å². The predicted octanol–water partition coefficient (Wildman–Crippen LogP) is 5.69. The molecule has 1 aliphatic carbocycles. The maximum atomic E-state index is 15.3. The van der Waals surface area contributed by atoms with Crippen molar-refractivity contribution >= 4 is 22.9 Å². The van der Waals surface area contributed by atoms with Gasteiger partial charge in [-0.1, -0.05) is 12.8 Å².